The van der Waals surface area contributed by atoms with Crippen LogP contribution in [0.3, 0.4) is 0 Å². The maximum atomic E-state index is 12.0. The molecule has 1 N–H and O–H groups in total. The molecule has 24 heavy (non-hydrogen) atoms. The van der Waals surface area contributed by atoms with Crippen LogP contribution in [-0.2, 0) is 24.3 Å². The van der Waals surface area contributed by atoms with Crippen molar-refractivity contribution in [3.05, 3.63) is 65.2 Å². The second kappa shape index (κ2) is 9.08. The summed E-state index contributed by atoms with van der Waals surface area (Å²) in [6, 6.07) is 16.0. The van der Waals surface area contributed by atoms with Gasteiger partial charge in [0.2, 0.25) is 0 Å². The van der Waals surface area contributed by atoms with Gasteiger partial charge in [0, 0.05) is 13.1 Å². The highest BCUT2D eigenvalue weighted by Gasteiger charge is 2.07. The van der Waals surface area contributed by atoms with E-state index in [-0.39, 0.29) is 12.5 Å². The lowest BCUT2D eigenvalue weighted by atomic mass is 10.1. The van der Waals surface area contributed by atoms with Gasteiger partial charge in [0.25, 0.3) is 5.91 Å². The molecule has 128 valence electrons. The van der Waals surface area contributed by atoms with Crippen molar-refractivity contribution >= 4 is 5.91 Å². The Morgan fingerprint density at radius 2 is 1.83 bits per heavy atom. The molecule has 0 unspecified atom stereocenters. The lowest BCUT2D eigenvalue weighted by molar-refractivity contribution is -0.123. The summed E-state index contributed by atoms with van der Waals surface area (Å²) in [5.41, 5.74) is 3.55. The largest absolute Gasteiger partial charge is 0.484 e. The highest BCUT2D eigenvalue weighted by atomic mass is 16.5. The van der Waals surface area contributed by atoms with E-state index < -0.39 is 0 Å². The van der Waals surface area contributed by atoms with E-state index >= 15 is 0 Å². The molecule has 0 aliphatic carbocycles. The van der Waals surface area contributed by atoms with Crippen LogP contribution in [0.4, 0.5) is 0 Å². The Morgan fingerprint density at radius 3 is 2.54 bits per heavy atom. The smallest absolute Gasteiger partial charge is 0.258 e. The average molecular weight is 326 g/mol. The molecule has 0 saturated carbocycles. The molecule has 0 aromatic heterocycles. The molecule has 0 atom stereocenters. The fraction of sp³-hybridized carbons (Fsp3) is 0.350. The number of nitrogens with zero attached hydrogens (tertiary/aromatic N) is 1. The van der Waals surface area contributed by atoms with Gasteiger partial charge in [-0.1, -0.05) is 43.3 Å². The SMILES string of the molecule is CCc1cccc(OCC(=O)NCc2ccccc2CN(C)C)c1. The predicted molar refractivity (Wildman–Crippen MR) is 97.0 cm³/mol. The highest BCUT2D eigenvalue weighted by molar-refractivity contribution is 5.77. The number of carbonyl (C=O) groups is 1. The number of aryl methyl sites for hydroxylation is 1. The molecule has 0 radical (unpaired) electrons. The quantitative estimate of drug-likeness (QED) is 0.811. The first-order chi connectivity index (χ1) is 11.6. The first-order valence-corrected chi connectivity index (χ1v) is 8.28. The maximum Gasteiger partial charge on any atom is 0.258 e. The van der Waals surface area contributed by atoms with Gasteiger partial charge in [-0.3, -0.25) is 4.79 Å². The monoisotopic (exact) mass is 326 g/mol. The van der Waals surface area contributed by atoms with Gasteiger partial charge < -0.3 is 15.0 Å². The third-order valence-corrected chi connectivity index (χ3v) is 3.76. The van der Waals surface area contributed by atoms with Gasteiger partial charge >= 0.3 is 0 Å². The Bertz CT molecular complexity index is 668. The van der Waals surface area contributed by atoms with Crippen molar-refractivity contribution < 1.29 is 9.53 Å². The average Bonchev–Trinajstić information content (AvgIpc) is 2.59. The summed E-state index contributed by atoms with van der Waals surface area (Å²) >= 11 is 0. The Kier molecular flexibility index (Phi) is 6.82. The zero-order valence-corrected chi connectivity index (χ0v) is 14.7. The second-order valence-electron chi connectivity index (χ2n) is 6.07. The molecular weight excluding hydrogens is 300 g/mol. The van der Waals surface area contributed by atoms with Gasteiger partial charge in [0.15, 0.2) is 6.61 Å². The van der Waals surface area contributed by atoms with Crippen LogP contribution >= 0.6 is 0 Å². The molecule has 0 bridgehead atoms. The van der Waals surface area contributed by atoms with Gasteiger partial charge in [0.1, 0.15) is 5.75 Å². The van der Waals surface area contributed by atoms with E-state index in [9.17, 15) is 4.79 Å². The van der Waals surface area contributed by atoms with Crippen LogP contribution in [0, 0.1) is 0 Å². The van der Waals surface area contributed by atoms with E-state index in [0.29, 0.717) is 6.54 Å². The van der Waals surface area contributed by atoms with Crippen molar-refractivity contribution in [2.24, 2.45) is 0 Å². The number of amides is 1. The molecule has 0 heterocycles. The molecule has 0 spiro atoms. The van der Waals surface area contributed by atoms with E-state index in [1.54, 1.807) is 0 Å². The number of rotatable bonds is 8. The molecule has 0 saturated heterocycles. The van der Waals surface area contributed by atoms with Crippen molar-refractivity contribution in [3.63, 3.8) is 0 Å². The predicted octanol–water partition coefficient (Wildman–Crippen LogP) is 3.01. The minimum Gasteiger partial charge on any atom is -0.484 e. The summed E-state index contributed by atoms with van der Waals surface area (Å²) in [5, 5.41) is 2.93. The standard InChI is InChI=1S/C20H26N2O2/c1-4-16-8-7-11-19(12-16)24-15-20(23)21-13-17-9-5-6-10-18(17)14-22(2)3/h5-12H,4,13-15H2,1-3H3,(H,21,23). The molecule has 2 aromatic rings. The van der Waals surface area contributed by atoms with Crippen LogP contribution < -0.4 is 10.1 Å². The number of benzene rings is 2. The summed E-state index contributed by atoms with van der Waals surface area (Å²) in [6.07, 6.45) is 0.950. The Hall–Kier alpha value is -2.33. The van der Waals surface area contributed by atoms with E-state index in [1.165, 1.54) is 11.1 Å². The molecule has 1 amide bonds. The van der Waals surface area contributed by atoms with Crippen LogP contribution in [0.5, 0.6) is 5.75 Å². The number of hydrogen-bond acceptors (Lipinski definition) is 3. The van der Waals surface area contributed by atoms with Crippen molar-refractivity contribution in [1.29, 1.82) is 0 Å². The van der Waals surface area contributed by atoms with E-state index in [4.69, 9.17) is 4.74 Å². The number of hydrogen-bond donors (Lipinski definition) is 1. The van der Waals surface area contributed by atoms with Gasteiger partial charge in [-0.25, -0.2) is 0 Å². The van der Waals surface area contributed by atoms with Crippen LogP contribution in [0.15, 0.2) is 48.5 Å². The Morgan fingerprint density at radius 1 is 1.08 bits per heavy atom. The Labute approximate surface area is 144 Å². The van der Waals surface area contributed by atoms with Gasteiger partial charge in [-0.2, -0.15) is 0 Å². The number of carbonyl (C=O) groups excluding carboxylic acids is 1. The lowest BCUT2D eigenvalue weighted by Gasteiger charge is -2.15. The van der Waals surface area contributed by atoms with Crippen LogP contribution in [0.2, 0.25) is 0 Å². The normalized spacial score (nSPS) is 10.7. The molecule has 2 aromatic carbocycles. The van der Waals surface area contributed by atoms with Crippen molar-refractivity contribution in [2.75, 3.05) is 20.7 Å². The van der Waals surface area contributed by atoms with Crippen LogP contribution in [0.25, 0.3) is 0 Å². The first kappa shape index (κ1) is 18.0. The summed E-state index contributed by atoms with van der Waals surface area (Å²) < 4.78 is 5.57. The highest BCUT2D eigenvalue weighted by Crippen LogP contribution is 2.14. The van der Waals surface area contributed by atoms with Gasteiger partial charge in [-0.05, 0) is 49.3 Å². The topological polar surface area (TPSA) is 41.6 Å². The lowest BCUT2D eigenvalue weighted by Crippen LogP contribution is -2.29. The molecular formula is C20H26N2O2. The summed E-state index contributed by atoms with van der Waals surface area (Å²) in [7, 11) is 4.07. The maximum absolute atomic E-state index is 12.0. The molecule has 4 nitrogen and oxygen atoms in total. The molecule has 0 aliphatic heterocycles. The fourth-order valence-corrected chi connectivity index (χ4v) is 2.47. The van der Waals surface area contributed by atoms with E-state index in [1.807, 2.05) is 50.5 Å². The van der Waals surface area contributed by atoms with Crippen LogP contribution in [-0.4, -0.2) is 31.5 Å². The molecule has 2 rings (SSSR count). The summed E-state index contributed by atoms with van der Waals surface area (Å²) in [6.45, 7) is 3.49. The molecule has 4 heteroatoms. The van der Waals surface area contributed by atoms with Crippen LogP contribution in [0.1, 0.15) is 23.6 Å². The van der Waals surface area contributed by atoms with Crippen molar-refractivity contribution in [1.82, 2.24) is 10.2 Å². The summed E-state index contributed by atoms with van der Waals surface area (Å²) in [5.74, 6) is 0.620. The molecule has 0 fully saturated rings. The minimum absolute atomic E-state index is 0.0308. The fourth-order valence-electron chi connectivity index (χ4n) is 2.47. The second-order valence-corrected chi connectivity index (χ2v) is 6.07. The zero-order valence-electron chi connectivity index (χ0n) is 14.7. The zero-order chi connectivity index (χ0) is 17.4. The third-order valence-electron chi connectivity index (χ3n) is 3.76. The molecule has 0 aliphatic rings. The number of nitrogens with one attached hydrogen (secondary N) is 1. The van der Waals surface area contributed by atoms with Gasteiger partial charge in [0.05, 0.1) is 0 Å². The van der Waals surface area contributed by atoms with Gasteiger partial charge in [-0.15, -0.1) is 0 Å². The minimum atomic E-state index is -0.114. The third kappa shape index (κ3) is 5.70. The summed E-state index contributed by atoms with van der Waals surface area (Å²) in [4.78, 5) is 14.1. The van der Waals surface area contributed by atoms with Crippen molar-refractivity contribution in [3.8, 4) is 5.75 Å². The first-order valence-electron chi connectivity index (χ1n) is 8.28. The Balaban J connectivity index is 1.85. The van der Waals surface area contributed by atoms with E-state index in [0.717, 1.165) is 24.3 Å². The van der Waals surface area contributed by atoms with E-state index in [2.05, 4.69) is 29.3 Å². The number of ether oxygens (including phenoxy) is 1. The van der Waals surface area contributed by atoms with Crippen molar-refractivity contribution in [2.45, 2.75) is 26.4 Å².